The van der Waals surface area contributed by atoms with Crippen molar-refractivity contribution in [3.8, 4) is 12.3 Å². The van der Waals surface area contributed by atoms with Crippen LogP contribution < -0.4 is 0 Å². The zero-order chi connectivity index (χ0) is 7.56. The normalized spacial score (nSPS) is 8.90. The molecule has 0 saturated heterocycles. The molecule has 0 fully saturated rings. The number of hydrogen-bond acceptors (Lipinski definition) is 0. The molecule has 0 saturated carbocycles. The summed E-state index contributed by atoms with van der Waals surface area (Å²) >= 11 is 2.25. The maximum Gasteiger partial charge on any atom is 0.0282 e. The van der Waals surface area contributed by atoms with Crippen LogP contribution in [0.5, 0.6) is 0 Å². The number of rotatable bonds is 0. The van der Waals surface area contributed by atoms with Gasteiger partial charge in [-0.05, 0) is 47.2 Å². The predicted molar refractivity (Wildman–Crippen MR) is 51.8 cm³/mol. The lowest BCUT2D eigenvalue weighted by Gasteiger charge is -1.96. The Morgan fingerprint density at radius 2 is 2.20 bits per heavy atom. The van der Waals surface area contributed by atoms with Crippen molar-refractivity contribution in [3.05, 3.63) is 32.9 Å². The highest BCUT2D eigenvalue weighted by Gasteiger charge is 1.93. The Morgan fingerprint density at radius 3 is 2.70 bits per heavy atom. The molecule has 0 aliphatic rings. The van der Waals surface area contributed by atoms with Crippen LogP contribution in [0.1, 0.15) is 11.1 Å². The molecule has 0 aliphatic carbocycles. The molecule has 1 heteroatoms. The lowest BCUT2D eigenvalue weighted by atomic mass is 10.1. The van der Waals surface area contributed by atoms with Gasteiger partial charge in [0, 0.05) is 9.13 Å². The van der Waals surface area contributed by atoms with Crippen LogP contribution in [-0.2, 0) is 0 Å². The van der Waals surface area contributed by atoms with E-state index in [2.05, 4.69) is 34.6 Å². The SMILES string of the molecule is C#Cc1cc(I)ccc1C. The molecule has 0 aromatic heterocycles. The van der Waals surface area contributed by atoms with Gasteiger partial charge in [0.2, 0.25) is 0 Å². The van der Waals surface area contributed by atoms with E-state index in [4.69, 9.17) is 6.42 Å². The number of benzene rings is 1. The smallest absolute Gasteiger partial charge is 0.0282 e. The molecule has 0 bridgehead atoms. The van der Waals surface area contributed by atoms with Crippen LogP contribution in [0, 0.1) is 22.8 Å². The van der Waals surface area contributed by atoms with Crippen LogP contribution in [0.4, 0.5) is 0 Å². The molecule has 1 aromatic carbocycles. The second kappa shape index (κ2) is 3.07. The topological polar surface area (TPSA) is 0 Å². The largest absolute Gasteiger partial charge is 0.115 e. The van der Waals surface area contributed by atoms with Crippen molar-refractivity contribution < 1.29 is 0 Å². The minimum absolute atomic E-state index is 0.993. The van der Waals surface area contributed by atoms with Crippen molar-refractivity contribution in [2.75, 3.05) is 0 Å². The first-order chi connectivity index (χ1) is 4.74. The van der Waals surface area contributed by atoms with Gasteiger partial charge in [-0.2, -0.15) is 0 Å². The summed E-state index contributed by atoms with van der Waals surface area (Å²) < 4.78 is 1.19. The second-order valence-corrected chi connectivity index (χ2v) is 3.35. The lowest BCUT2D eigenvalue weighted by molar-refractivity contribution is 1.42. The average Bonchev–Trinajstić information content (AvgIpc) is 1.94. The molecule has 0 spiro atoms. The predicted octanol–water partition coefficient (Wildman–Crippen LogP) is 2.58. The highest BCUT2D eigenvalue weighted by molar-refractivity contribution is 14.1. The lowest BCUT2D eigenvalue weighted by Crippen LogP contribution is -1.81. The van der Waals surface area contributed by atoms with Gasteiger partial charge < -0.3 is 0 Å². The van der Waals surface area contributed by atoms with Crippen molar-refractivity contribution >= 4 is 22.6 Å². The van der Waals surface area contributed by atoms with Gasteiger partial charge in [0.15, 0.2) is 0 Å². The van der Waals surface area contributed by atoms with E-state index in [1.54, 1.807) is 0 Å². The molecular formula is C9H7I. The molecule has 0 unspecified atom stereocenters. The number of aryl methyl sites for hydroxylation is 1. The van der Waals surface area contributed by atoms with Gasteiger partial charge in [-0.3, -0.25) is 0 Å². The van der Waals surface area contributed by atoms with Crippen molar-refractivity contribution in [2.45, 2.75) is 6.92 Å². The first-order valence-corrected chi connectivity index (χ1v) is 4.04. The molecule has 0 heterocycles. The Bertz CT molecular complexity index is 281. The van der Waals surface area contributed by atoms with Gasteiger partial charge >= 0.3 is 0 Å². The number of halogens is 1. The van der Waals surface area contributed by atoms with E-state index in [0.29, 0.717) is 0 Å². The molecule has 1 aromatic rings. The molecule has 10 heavy (non-hydrogen) atoms. The van der Waals surface area contributed by atoms with Crippen molar-refractivity contribution in [1.29, 1.82) is 0 Å². The van der Waals surface area contributed by atoms with Crippen molar-refractivity contribution in [3.63, 3.8) is 0 Å². The van der Waals surface area contributed by atoms with Crippen molar-refractivity contribution in [1.82, 2.24) is 0 Å². The van der Waals surface area contributed by atoms with E-state index in [-0.39, 0.29) is 0 Å². The molecule has 50 valence electrons. The van der Waals surface area contributed by atoms with Crippen molar-refractivity contribution in [2.24, 2.45) is 0 Å². The van der Waals surface area contributed by atoms with E-state index in [1.165, 1.54) is 9.13 Å². The summed E-state index contributed by atoms with van der Waals surface area (Å²) in [4.78, 5) is 0. The van der Waals surface area contributed by atoms with Crippen LogP contribution in [0.3, 0.4) is 0 Å². The number of terminal acetylenes is 1. The fourth-order valence-electron chi connectivity index (χ4n) is 0.750. The first-order valence-electron chi connectivity index (χ1n) is 2.97. The first kappa shape index (κ1) is 7.62. The Hall–Kier alpha value is -0.490. The number of hydrogen-bond donors (Lipinski definition) is 0. The molecule has 0 N–H and O–H groups in total. The fourth-order valence-corrected chi connectivity index (χ4v) is 1.24. The van der Waals surface area contributed by atoms with Gasteiger partial charge in [0.05, 0.1) is 0 Å². The van der Waals surface area contributed by atoms with Gasteiger partial charge in [0.25, 0.3) is 0 Å². The molecule has 0 atom stereocenters. The van der Waals surface area contributed by atoms with E-state index >= 15 is 0 Å². The minimum atomic E-state index is 0.993. The van der Waals surface area contributed by atoms with E-state index in [1.807, 2.05) is 19.1 Å². The molecule has 1 rings (SSSR count). The summed E-state index contributed by atoms with van der Waals surface area (Å²) in [6.45, 7) is 2.02. The van der Waals surface area contributed by atoms with Crippen LogP contribution in [0.2, 0.25) is 0 Å². The average molecular weight is 242 g/mol. The van der Waals surface area contributed by atoms with E-state index < -0.39 is 0 Å². The molecule has 0 nitrogen and oxygen atoms in total. The minimum Gasteiger partial charge on any atom is -0.115 e. The van der Waals surface area contributed by atoms with Crippen LogP contribution >= 0.6 is 22.6 Å². The van der Waals surface area contributed by atoms with Gasteiger partial charge in [-0.15, -0.1) is 6.42 Å². The molecule has 0 amide bonds. The quantitative estimate of drug-likeness (QED) is 0.484. The summed E-state index contributed by atoms with van der Waals surface area (Å²) in [6, 6.07) is 6.10. The summed E-state index contributed by atoms with van der Waals surface area (Å²) in [6.07, 6.45) is 5.27. The summed E-state index contributed by atoms with van der Waals surface area (Å²) in [5, 5.41) is 0. The Kier molecular flexibility index (Phi) is 2.34. The van der Waals surface area contributed by atoms with Gasteiger partial charge in [-0.25, -0.2) is 0 Å². The van der Waals surface area contributed by atoms with Gasteiger partial charge in [-0.1, -0.05) is 12.0 Å². The third kappa shape index (κ3) is 1.51. The highest BCUT2D eigenvalue weighted by atomic mass is 127. The monoisotopic (exact) mass is 242 g/mol. The molecular weight excluding hydrogens is 235 g/mol. The zero-order valence-electron chi connectivity index (χ0n) is 5.69. The third-order valence-corrected chi connectivity index (χ3v) is 2.03. The molecule has 0 radical (unpaired) electrons. The van der Waals surface area contributed by atoms with Crippen LogP contribution in [0.25, 0.3) is 0 Å². The maximum absolute atomic E-state index is 5.27. The standard InChI is InChI=1S/C9H7I/c1-3-8-6-9(10)5-4-7(8)2/h1,4-6H,2H3. The van der Waals surface area contributed by atoms with E-state index in [0.717, 1.165) is 5.56 Å². The zero-order valence-corrected chi connectivity index (χ0v) is 7.84. The van der Waals surface area contributed by atoms with Gasteiger partial charge in [0.1, 0.15) is 0 Å². The summed E-state index contributed by atoms with van der Waals surface area (Å²) in [7, 11) is 0. The Labute approximate surface area is 74.8 Å². The Balaban J connectivity index is 3.25. The third-order valence-electron chi connectivity index (χ3n) is 1.36. The second-order valence-electron chi connectivity index (χ2n) is 2.10. The Morgan fingerprint density at radius 1 is 1.50 bits per heavy atom. The van der Waals surface area contributed by atoms with Crippen LogP contribution in [0.15, 0.2) is 18.2 Å². The maximum atomic E-state index is 5.27. The summed E-state index contributed by atoms with van der Waals surface area (Å²) in [5.41, 5.74) is 2.16. The highest BCUT2D eigenvalue weighted by Crippen LogP contribution is 2.11. The van der Waals surface area contributed by atoms with Crippen LogP contribution in [-0.4, -0.2) is 0 Å². The fraction of sp³-hybridized carbons (Fsp3) is 0.111. The summed E-state index contributed by atoms with van der Waals surface area (Å²) in [5.74, 6) is 2.63. The van der Waals surface area contributed by atoms with E-state index in [9.17, 15) is 0 Å². The molecule has 0 aliphatic heterocycles.